The molecule has 0 saturated carbocycles. The highest BCUT2D eigenvalue weighted by atomic mass is 32.1. The lowest BCUT2D eigenvalue weighted by molar-refractivity contribution is -0.133. The van der Waals surface area contributed by atoms with E-state index in [2.05, 4.69) is 16.9 Å². The highest BCUT2D eigenvalue weighted by Gasteiger charge is 2.34. The summed E-state index contributed by atoms with van der Waals surface area (Å²) >= 11 is 1.70. The molecule has 2 unspecified atom stereocenters. The lowest BCUT2D eigenvalue weighted by atomic mass is 10.1. The number of nitrogens with zero attached hydrogens (tertiary/aromatic N) is 2. The molecule has 2 saturated heterocycles. The molecule has 0 aliphatic carbocycles. The van der Waals surface area contributed by atoms with Gasteiger partial charge in [-0.15, -0.1) is 11.3 Å². The quantitative estimate of drug-likeness (QED) is 0.881. The first-order chi connectivity index (χ1) is 12.2. The molecule has 3 heterocycles. The van der Waals surface area contributed by atoms with Gasteiger partial charge in [0, 0.05) is 31.1 Å². The summed E-state index contributed by atoms with van der Waals surface area (Å²) in [7, 11) is 0. The number of anilines is 1. The third-order valence-corrected chi connectivity index (χ3v) is 5.86. The molecule has 7 heteroatoms. The predicted octanol–water partition coefficient (Wildman–Crippen LogP) is 2.14. The van der Waals surface area contributed by atoms with E-state index in [1.165, 1.54) is 10.9 Å². The molecule has 2 atom stereocenters. The van der Waals surface area contributed by atoms with Crippen LogP contribution in [0.15, 0.2) is 41.8 Å². The zero-order valence-corrected chi connectivity index (χ0v) is 14.6. The summed E-state index contributed by atoms with van der Waals surface area (Å²) in [6, 6.07) is 10.9. The van der Waals surface area contributed by atoms with Gasteiger partial charge in [0.05, 0.1) is 11.7 Å². The number of para-hydroxylation sites is 1. The molecule has 0 spiro atoms. The van der Waals surface area contributed by atoms with Crippen LogP contribution in [0.3, 0.4) is 0 Å². The second-order valence-corrected chi connectivity index (χ2v) is 7.39. The van der Waals surface area contributed by atoms with Gasteiger partial charge in [0.2, 0.25) is 5.91 Å². The first kappa shape index (κ1) is 16.5. The number of hydrogen-bond acceptors (Lipinski definition) is 5. The van der Waals surface area contributed by atoms with Gasteiger partial charge in [0.15, 0.2) is 0 Å². The number of rotatable bonds is 3. The number of piperazine rings is 1. The summed E-state index contributed by atoms with van der Waals surface area (Å²) in [6.07, 6.45) is 0.757. The summed E-state index contributed by atoms with van der Waals surface area (Å²) in [5.41, 5.74) is 6.98. The Labute approximate surface area is 150 Å². The van der Waals surface area contributed by atoms with Crippen molar-refractivity contribution >= 4 is 22.9 Å². The summed E-state index contributed by atoms with van der Waals surface area (Å²) in [5.74, 6) is -0.0811. The Morgan fingerprint density at radius 3 is 2.60 bits per heavy atom. The van der Waals surface area contributed by atoms with Crippen molar-refractivity contribution in [2.24, 2.45) is 0 Å². The van der Waals surface area contributed by atoms with Crippen molar-refractivity contribution in [1.29, 1.82) is 0 Å². The van der Waals surface area contributed by atoms with E-state index in [4.69, 9.17) is 0 Å². The molecule has 0 radical (unpaired) electrons. The smallest absolute Gasteiger partial charge is 0.241 e. The Kier molecular flexibility index (Phi) is 4.70. The van der Waals surface area contributed by atoms with Gasteiger partial charge in [-0.1, -0.05) is 18.2 Å². The van der Waals surface area contributed by atoms with Crippen LogP contribution in [0.1, 0.15) is 17.3 Å². The molecule has 2 aliphatic heterocycles. The molecule has 4 rings (SSSR count). The molecule has 2 aromatic rings. The van der Waals surface area contributed by atoms with E-state index in [1.54, 1.807) is 23.5 Å². The van der Waals surface area contributed by atoms with Crippen LogP contribution < -0.4 is 15.8 Å². The van der Waals surface area contributed by atoms with Gasteiger partial charge in [-0.2, -0.15) is 0 Å². The fourth-order valence-corrected chi connectivity index (χ4v) is 4.28. The van der Waals surface area contributed by atoms with Crippen LogP contribution in [0.25, 0.3) is 0 Å². The second kappa shape index (κ2) is 7.11. The molecule has 132 valence electrons. The van der Waals surface area contributed by atoms with E-state index < -0.39 is 0 Å². The van der Waals surface area contributed by atoms with Crippen molar-refractivity contribution in [2.75, 3.05) is 31.1 Å². The third-order valence-electron chi connectivity index (χ3n) is 4.87. The highest BCUT2D eigenvalue weighted by molar-refractivity contribution is 7.10. The monoisotopic (exact) mass is 360 g/mol. The fourth-order valence-electron chi connectivity index (χ4n) is 3.49. The van der Waals surface area contributed by atoms with Crippen LogP contribution in [0, 0.1) is 5.82 Å². The maximum Gasteiger partial charge on any atom is 0.241 e. The molecule has 25 heavy (non-hydrogen) atoms. The Morgan fingerprint density at radius 2 is 1.88 bits per heavy atom. The topological polar surface area (TPSA) is 47.6 Å². The van der Waals surface area contributed by atoms with Crippen molar-refractivity contribution in [3.8, 4) is 0 Å². The van der Waals surface area contributed by atoms with Crippen molar-refractivity contribution in [3.63, 3.8) is 0 Å². The van der Waals surface area contributed by atoms with Gasteiger partial charge in [0.1, 0.15) is 11.9 Å². The minimum Gasteiger partial charge on any atom is -0.366 e. The minimum atomic E-state index is -0.206. The molecule has 1 aromatic heterocycles. The lowest BCUT2D eigenvalue weighted by Crippen LogP contribution is -2.53. The van der Waals surface area contributed by atoms with Crippen LogP contribution in [-0.2, 0) is 4.79 Å². The summed E-state index contributed by atoms with van der Waals surface area (Å²) in [6.45, 7) is 2.55. The number of hydrazine groups is 1. The number of amides is 1. The first-order valence-corrected chi connectivity index (χ1v) is 9.43. The molecule has 5 nitrogen and oxygen atoms in total. The van der Waals surface area contributed by atoms with Crippen LogP contribution in [0.4, 0.5) is 10.1 Å². The highest BCUT2D eigenvalue weighted by Crippen LogP contribution is 2.27. The van der Waals surface area contributed by atoms with E-state index in [1.807, 2.05) is 27.3 Å². The van der Waals surface area contributed by atoms with Crippen LogP contribution in [0.5, 0.6) is 0 Å². The number of hydrogen-bond donors (Lipinski definition) is 2. The van der Waals surface area contributed by atoms with Crippen molar-refractivity contribution in [2.45, 2.75) is 18.5 Å². The zero-order chi connectivity index (χ0) is 17.2. The van der Waals surface area contributed by atoms with Gasteiger partial charge in [-0.25, -0.2) is 15.2 Å². The number of nitrogens with one attached hydrogen (secondary N) is 2. The van der Waals surface area contributed by atoms with E-state index in [-0.39, 0.29) is 23.8 Å². The Hall–Kier alpha value is -1.96. The van der Waals surface area contributed by atoms with Crippen LogP contribution in [-0.4, -0.2) is 43.0 Å². The molecular weight excluding hydrogens is 339 g/mol. The number of benzene rings is 1. The molecule has 1 aromatic carbocycles. The summed E-state index contributed by atoms with van der Waals surface area (Å²) in [5, 5.41) is 2.05. The number of halogens is 1. The van der Waals surface area contributed by atoms with E-state index in [0.29, 0.717) is 31.9 Å². The largest absolute Gasteiger partial charge is 0.366 e. The van der Waals surface area contributed by atoms with Gasteiger partial charge in [-0.05, 0) is 30.0 Å². The van der Waals surface area contributed by atoms with Gasteiger partial charge in [-0.3, -0.25) is 4.79 Å². The number of thiophene rings is 1. The average molecular weight is 360 g/mol. The Bertz CT molecular complexity index is 730. The third kappa shape index (κ3) is 3.40. The lowest BCUT2D eigenvalue weighted by Gasteiger charge is -2.37. The molecule has 2 N–H and O–H groups in total. The maximum atomic E-state index is 13.9. The van der Waals surface area contributed by atoms with E-state index in [9.17, 15) is 9.18 Å². The molecular formula is C18H21FN4OS. The average Bonchev–Trinajstić information content (AvgIpc) is 3.33. The predicted molar refractivity (Wildman–Crippen MR) is 96.9 cm³/mol. The Balaban J connectivity index is 1.33. The first-order valence-electron chi connectivity index (χ1n) is 8.55. The SMILES string of the molecule is O=C(C1CC(c2cccs2)NN1)N1CCN(c2ccccc2F)CC1. The van der Waals surface area contributed by atoms with Gasteiger partial charge < -0.3 is 9.80 Å². The standard InChI is InChI=1S/C18H21FN4OS/c19-13-4-1-2-5-16(13)22-7-9-23(10-8-22)18(24)15-12-14(20-21-15)17-6-3-11-25-17/h1-6,11,14-15,20-21H,7-10,12H2. The van der Waals surface area contributed by atoms with Crippen molar-refractivity contribution in [1.82, 2.24) is 15.8 Å². The molecule has 2 fully saturated rings. The summed E-state index contributed by atoms with van der Waals surface area (Å²) < 4.78 is 13.9. The number of carbonyl (C=O) groups is 1. The molecule has 0 bridgehead atoms. The van der Waals surface area contributed by atoms with Crippen molar-refractivity contribution in [3.05, 3.63) is 52.5 Å². The minimum absolute atomic E-state index is 0.125. The zero-order valence-electron chi connectivity index (χ0n) is 13.8. The van der Waals surface area contributed by atoms with E-state index >= 15 is 0 Å². The fraction of sp³-hybridized carbons (Fsp3) is 0.389. The normalized spacial score (nSPS) is 23.9. The summed E-state index contributed by atoms with van der Waals surface area (Å²) in [4.78, 5) is 17.9. The van der Waals surface area contributed by atoms with Crippen LogP contribution >= 0.6 is 11.3 Å². The maximum absolute atomic E-state index is 13.9. The molecule has 1 amide bonds. The second-order valence-electron chi connectivity index (χ2n) is 6.41. The Morgan fingerprint density at radius 1 is 1.08 bits per heavy atom. The number of carbonyl (C=O) groups excluding carboxylic acids is 1. The van der Waals surface area contributed by atoms with E-state index in [0.717, 1.165) is 6.42 Å². The van der Waals surface area contributed by atoms with Gasteiger partial charge >= 0.3 is 0 Å². The molecule has 2 aliphatic rings. The van der Waals surface area contributed by atoms with Crippen LogP contribution in [0.2, 0.25) is 0 Å². The van der Waals surface area contributed by atoms with Gasteiger partial charge in [0.25, 0.3) is 0 Å². The van der Waals surface area contributed by atoms with Crippen molar-refractivity contribution < 1.29 is 9.18 Å².